The highest BCUT2D eigenvalue weighted by molar-refractivity contribution is 5.96. The van der Waals surface area contributed by atoms with Gasteiger partial charge in [-0.05, 0) is 54.2 Å². The van der Waals surface area contributed by atoms with Crippen LogP contribution in [0.5, 0.6) is 0 Å². The molecule has 1 heterocycles. The van der Waals surface area contributed by atoms with Gasteiger partial charge in [-0.1, -0.05) is 38.1 Å². The molecule has 31 heavy (non-hydrogen) atoms. The maximum Gasteiger partial charge on any atom is 0.251 e. The monoisotopic (exact) mass is 423 g/mol. The Morgan fingerprint density at radius 3 is 2.55 bits per heavy atom. The number of nitrogens with zero attached hydrogens (tertiary/aromatic N) is 1. The first-order valence-corrected chi connectivity index (χ1v) is 11.0. The molecule has 0 unspecified atom stereocenters. The van der Waals surface area contributed by atoms with Gasteiger partial charge < -0.3 is 15.7 Å². The van der Waals surface area contributed by atoms with Crippen LogP contribution in [0.15, 0.2) is 42.5 Å². The van der Waals surface area contributed by atoms with Crippen LogP contribution in [0.25, 0.3) is 0 Å². The van der Waals surface area contributed by atoms with Gasteiger partial charge in [0.05, 0.1) is 6.10 Å². The standard InChI is InChI=1S/C25H33N3O3/c1-17(2)12-24(30)27-23-9-8-19(13-18(23)3)25(31)26-14-20-6-4-5-7-21(20)15-28-11-10-22(29)16-28/h4-9,13,17,22,29H,10-12,14-16H2,1-3H3,(H,26,31)(H,27,30)/t22-/m0/s1. The summed E-state index contributed by atoms with van der Waals surface area (Å²) in [6.07, 6.45) is 1.04. The van der Waals surface area contributed by atoms with E-state index in [2.05, 4.69) is 21.6 Å². The van der Waals surface area contributed by atoms with Crippen LogP contribution in [0.2, 0.25) is 0 Å². The zero-order chi connectivity index (χ0) is 22.4. The number of carbonyl (C=O) groups is 2. The van der Waals surface area contributed by atoms with Crippen LogP contribution in [-0.2, 0) is 17.9 Å². The molecule has 0 spiro atoms. The normalized spacial score (nSPS) is 16.5. The summed E-state index contributed by atoms with van der Waals surface area (Å²) in [5, 5.41) is 15.7. The molecule has 0 radical (unpaired) electrons. The Morgan fingerprint density at radius 1 is 1.16 bits per heavy atom. The summed E-state index contributed by atoms with van der Waals surface area (Å²) in [5.74, 6) is 0.135. The minimum Gasteiger partial charge on any atom is -0.392 e. The zero-order valence-electron chi connectivity index (χ0n) is 18.6. The Hall–Kier alpha value is -2.70. The minimum atomic E-state index is -0.242. The summed E-state index contributed by atoms with van der Waals surface area (Å²) in [7, 11) is 0. The predicted molar refractivity (Wildman–Crippen MR) is 123 cm³/mol. The van der Waals surface area contributed by atoms with E-state index in [4.69, 9.17) is 0 Å². The van der Waals surface area contributed by atoms with Gasteiger partial charge in [0.25, 0.3) is 5.91 Å². The largest absolute Gasteiger partial charge is 0.392 e. The highest BCUT2D eigenvalue weighted by Crippen LogP contribution is 2.19. The lowest BCUT2D eigenvalue weighted by molar-refractivity contribution is -0.116. The fraction of sp³-hybridized carbons (Fsp3) is 0.440. The van der Waals surface area contributed by atoms with Crippen LogP contribution in [-0.4, -0.2) is 41.0 Å². The van der Waals surface area contributed by atoms with Crippen molar-refractivity contribution in [1.29, 1.82) is 0 Å². The molecule has 0 aliphatic carbocycles. The zero-order valence-corrected chi connectivity index (χ0v) is 18.6. The van der Waals surface area contributed by atoms with Gasteiger partial charge in [0, 0.05) is 43.9 Å². The Balaban J connectivity index is 1.60. The molecule has 166 valence electrons. The number of anilines is 1. The Labute approximate surface area is 184 Å². The van der Waals surface area contributed by atoms with Crippen molar-refractivity contribution in [2.75, 3.05) is 18.4 Å². The van der Waals surface area contributed by atoms with E-state index < -0.39 is 0 Å². The third-order valence-electron chi connectivity index (χ3n) is 5.56. The van der Waals surface area contributed by atoms with Crippen molar-refractivity contribution in [1.82, 2.24) is 10.2 Å². The molecule has 0 saturated carbocycles. The van der Waals surface area contributed by atoms with Crippen LogP contribution >= 0.6 is 0 Å². The lowest BCUT2D eigenvalue weighted by atomic mass is 10.1. The molecule has 6 nitrogen and oxygen atoms in total. The molecule has 1 fully saturated rings. The molecule has 3 N–H and O–H groups in total. The van der Waals surface area contributed by atoms with Crippen molar-refractivity contribution in [3.63, 3.8) is 0 Å². The highest BCUT2D eigenvalue weighted by atomic mass is 16.3. The van der Waals surface area contributed by atoms with E-state index in [1.807, 2.05) is 39.0 Å². The third kappa shape index (κ3) is 6.64. The second-order valence-electron chi connectivity index (χ2n) is 8.80. The van der Waals surface area contributed by atoms with E-state index >= 15 is 0 Å². The Morgan fingerprint density at radius 2 is 1.90 bits per heavy atom. The topological polar surface area (TPSA) is 81.7 Å². The molecular weight excluding hydrogens is 390 g/mol. The maximum atomic E-state index is 12.7. The van der Waals surface area contributed by atoms with Gasteiger partial charge in [0.1, 0.15) is 0 Å². The number of likely N-dealkylation sites (tertiary alicyclic amines) is 1. The fourth-order valence-corrected chi connectivity index (χ4v) is 3.88. The van der Waals surface area contributed by atoms with Crippen molar-refractivity contribution in [2.45, 2.75) is 52.8 Å². The molecule has 2 aromatic carbocycles. The number of rotatable bonds is 8. The van der Waals surface area contributed by atoms with Crippen LogP contribution < -0.4 is 10.6 Å². The molecule has 1 atom stereocenters. The summed E-state index contributed by atoms with van der Waals surface area (Å²) < 4.78 is 0. The first-order valence-electron chi connectivity index (χ1n) is 11.0. The van der Waals surface area contributed by atoms with Crippen molar-refractivity contribution in [3.8, 4) is 0 Å². The van der Waals surface area contributed by atoms with Gasteiger partial charge in [-0.3, -0.25) is 14.5 Å². The van der Waals surface area contributed by atoms with Crippen molar-refractivity contribution in [2.24, 2.45) is 5.92 Å². The average Bonchev–Trinajstić information content (AvgIpc) is 3.12. The van der Waals surface area contributed by atoms with E-state index in [-0.39, 0.29) is 17.9 Å². The smallest absolute Gasteiger partial charge is 0.251 e. The fourth-order valence-electron chi connectivity index (χ4n) is 3.88. The lowest BCUT2D eigenvalue weighted by Gasteiger charge is -2.18. The number of aliphatic hydroxyl groups is 1. The number of β-amino-alcohol motifs (C(OH)–C–C–N with tert-alkyl or cyclic N) is 1. The Kier molecular flexibility index (Phi) is 7.82. The van der Waals surface area contributed by atoms with Gasteiger partial charge in [0.2, 0.25) is 5.91 Å². The minimum absolute atomic E-state index is 0.0163. The molecule has 2 aromatic rings. The molecule has 0 aromatic heterocycles. The van der Waals surface area contributed by atoms with Gasteiger partial charge in [-0.2, -0.15) is 0 Å². The summed E-state index contributed by atoms with van der Waals surface area (Å²) in [5.41, 5.74) is 4.40. The second kappa shape index (κ2) is 10.6. The molecule has 0 bridgehead atoms. The summed E-state index contributed by atoms with van der Waals surface area (Å²) in [6, 6.07) is 13.4. The van der Waals surface area contributed by atoms with Crippen LogP contribution in [0.3, 0.4) is 0 Å². The Bertz CT molecular complexity index is 926. The van der Waals surface area contributed by atoms with E-state index in [0.717, 1.165) is 41.9 Å². The van der Waals surface area contributed by atoms with Gasteiger partial charge in [-0.25, -0.2) is 0 Å². The molecular formula is C25H33N3O3. The molecule has 6 heteroatoms. The lowest BCUT2D eigenvalue weighted by Crippen LogP contribution is -2.26. The van der Waals surface area contributed by atoms with Crippen LogP contribution in [0, 0.1) is 12.8 Å². The first kappa shape index (κ1) is 23.0. The van der Waals surface area contributed by atoms with Crippen molar-refractivity contribution in [3.05, 3.63) is 64.7 Å². The SMILES string of the molecule is Cc1cc(C(=O)NCc2ccccc2CN2CC[C@H](O)C2)ccc1NC(=O)CC(C)C. The predicted octanol–water partition coefficient (Wildman–Crippen LogP) is 3.48. The summed E-state index contributed by atoms with van der Waals surface area (Å²) >= 11 is 0. The number of aryl methyl sites for hydroxylation is 1. The van der Waals surface area contributed by atoms with E-state index in [0.29, 0.717) is 31.0 Å². The number of aliphatic hydroxyl groups excluding tert-OH is 1. The maximum absolute atomic E-state index is 12.7. The van der Waals surface area contributed by atoms with Gasteiger partial charge >= 0.3 is 0 Å². The molecule has 1 aliphatic rings. The van der Waals surface area contributed by atoms with E-state index in [9.17, 15) is 14.7 Å². The molecule has 2 amide bonds. The molecule has 1 saturated heterocycles. The quantitative estimate of drug-likeness (QED) is 0.607. The molecule has 3 rings (SSSR count). The van der Waals surface area contributed by atoms with Gasteiger partial charge in [-0.15, -0.1) is 0 Å². The van der Waals surface area contributed by atoms with Crippen LogP contribution in [0.4, 0.5) is 5.69 Å². The molecule has 1 aliphatic heterocycles. The van der Waals surface area contributed by atoms with E-state index in [1.165, 1.54) is 0 Å². The van der Waals surface area contributed by atoms with Crippen LogP contribution in [0.1, 0.15) is 53.7 Å². The first-order chi connectivity index (χ1) is 14.8. The third-order valence-corrected chi connectivity index (χ3v) is 5.56. The van der Waals surface area contributed by atoms with Gasteiger partial charge in [0.15, 0.2) is 0 Å². The number of amides is 2. The second-order valence-corrected chi connectivity index (χ2v) is 8.80. The van der Waals surface area contributed by atoms with Crippen molar-refractivity contribution < 1.29 is 14.7 Å². The van der Waals surface area contributed by atoms with Crippen molar-refractivity contribution >= 4 is 17.5 Å². The van der Waals surface area contributed by atoms with E-state index in [1.54, 1.807) is 18.2 Å². The number of benzene rings is 2. The summed E-state index contributed by atoms with van der Waals surface area (Å²) in [6.45, 7) is 8.70. The number of nitrogens with one attached hydrogen (secondary N) is 2. The number of carbonyl (C=O) groups excluding carboxylic acids is 2. The average molecular weight is 424 g/mol. The number of hydrogen-bond donors (Lipinski definition) is 3. The highest BCUT2D eigenvalue weighted by Gasteiger charge is 2.21. The number of hydrogen-bond acceptors (Lipinski definition) is 4. The summed E-state index contributed by atoms with van der Waals surface area (Å²) in [4.78, 5) is 27.0.